The first-order chi connectivity index (χ1) is 7.72. The van der Waals surface area contributed by atoms with Crippen LogP contribution >= 0.6 is 0 Å². The van der Waals surface area contributed by atoms with Crippen LogP contribution in [0.25, 0.3) is 0 Å². The van der Waals surface area contributed by atoms with Crippen LogP contribution in [-0.2, 0) is 4.79 Å². The Kier molecular flexibility index (Phi) is 3.78. The fraction of sp³-hybridized carbons (Fsp3) is 0.462. The summed E-state index contributed by atoms with van der Waals surface area (Å²) in [6.45, 7) is 5.32. The predicted octanol–water partition coefficient (Wildman–Crippen LogP) is 1.58. The lowest BCUT2D eigenvalue weighted by molar-refractivity contribution is -0.155. The van der Waals surface area contributed by atoms with Crippen molar-refractivity contribution in [2.75, 3.05) is 18.5 Å². The zero-order valence-electron chi connectivity index (χ0n) is 10.7. The maximum absolute atomic E-state index is 10.8. The van der Waals surface area contributed by atoms with E-state index < -0.39 is 11.6 Å². The molecule has 1 aromatic carbocycles. The van der Waals surface area contributed by atoms with Crippen LogP contribution in [0.4, 0.5) is 5.69 Å². The molecule has 0 amide bonds. The van der Waals surface area contributed by atoms with Gasteiger partial charge in [-0.15, -0.1) is 0 Å². The second-order valence-corrected chi connectivity index (χ2v) is 4.78. The van der Waals surface area contributed by atoms with Crippen LogP contribution < -0.4 is 4.90 Å². The second-order valence-electron chi connectivity index (χ2n) is 4.78. The molecule has 0 aromatic heterocycles. The number of anilines is 1. The van der Waals surface area contributed by atoms with E-state index >= 15 is 0 Å². The highest BCUT2D eigenvalue weighted by Gasteiger charge is 2.31. The average Bonchev–Trinajstić information content (AvgIpc) is 2.15. The van der Waals surface area contributed by atoms with E-state index in [9.17, 15) is 9.90 Å². The molecule has 0 heterocycles. The molecule has 0 bridgehead atoms. The van der Waals surface area contributed by atoms with Gasteiger partial charge in [-0.2, -0.15) is 0 Å². The Bertz CT molecular complexity index is 406. The summed E-state index contributed by atoms with van der Waals surface area (Å²) in [5.41, 5.74) is 1.39. The lowest BCUT2D eigenvalue weighted by Crippen LogP contribution is -2.45. The molecule has 1 unspecified atom stereocenters. The minimum atomic E-state index is -1.74. The molecule has 0 aliphatic heterocycles. The van der Waals surface area contributed by atoms with E-state index in [1.807, 2.05) is 32.0 Å². The van der Waals surface area contributed by atoms with Crippen molar-refractivity contribution in [3.05, 3.63) is 29.3 Å². The molecule has 1 rings (SSSR count). The number of hydrogen-bond acceptors (Lipinski definition) is 3. The molecule has 4 heteroatoms. The average molecular weight is 237 g/mol. The topological polar surface area (TPSA) is 60.8 Å². The minimum absolute atomic E-state index is 0.0469. The summed E-state index contributed by atoms with van der Waals surface area (Å²) in [6, 6.07) is 5.97. The Labute approximate surface area is 101 Å². The first-order valence-electron chi connectivity index (χ1n) is 5.47. The van der Waals surface area contributed by atoms with Gasteiger partial charge in [-0.05, 0) is 44.0 Å². The zero-order valence-corrected chi connectivity index (χ0v) is 10.7. The quantitative estimate of drug-likeness (QED) is 0.834. The molecule has 1 atom stereocenters. The Morgan fingerprint density at radius 3 is 2.18 bits per heavy atom. The first-order valence-corrected chi connectivity index (χ1v) is 5.47. The lowest BCUT2D eigenvalue weighted by Gasteiger charge is -2.27. The molecule has 1 aromatic rings. The summed E-state index contributed by atoms with van der Waals surface area (Å²) in [5, 5.41) is 18.6. The Hall–Kier alpha value is -1.55. The van der Waals surface area contributed by atoms with Gasteiger partial charge in [-0.25, -0.2) is 4.79 Å². The molecular weight excluding hydrogens is 218 g/mol. The third-order valence-corrected chi connectivity index (χ3v) is 2.65. The van der Waals surface area contributed by atoms with Crippen LogP contribution in [0.2, 0.25) is 0 Å². The fourth-order valence-electron chi connectivity index (χ4n) is 1.79. The van der Waals surface area contributed by atoms with Crippen LogP contribution in [0, 0.1) is 13.8 Å². The molecule has 0 fully saturated rings. The summed E-state index contributed by atoms with van der Waals surface area (Å²) in [5.74, 6) is -1.21. The molecule has 0 radical (unpaired) electrons. The Morgan fingerprint density at radius 2 is 1.76 bits per heavy atom. The number of aliphatic carboxylic acids is 1. The number of aryl methyl sites for hydroxylation is 2. The van der Waals surface area contributed by atoms with Crippen LogP contribution in [0.3, 0.4) is 0 Å². The third-order valence-electron chi connectivity index (χ3n) is 2.65. The highest BCUT2D eigenvalue weighted by atomic mass is 16.4. The number of carboxylic acid groups (broad SMARTS) is 1. The van der Waals surface area contributed by atoms with E-state index in [-0.39, 0.29) is 6.54 Å². The van der Waals surface area contributed by atoms with Crippen LogP contribution in [0.5, 0.6) is 0 Å². The molecule has 17 heavy (non-hydrogen) atoms. The maximum Gasteiger partial charge on any atom is 0.337 e. The fourth-order valence-corrected chi connectivity index (χ4v) is 1.79. The molecule has 4 nitrogen and oxygen atoms in total. The smallest absolute Gasteiger partial charge is 0.337 e. The largest absolute Gasteiger partial charge is 0.479 e. The van der Waals surface area contributed by atoms with Gasteiger partial charge < -0.3 is 15.1 Å². The number of benzene rings is 1. The number of aliphatic hydroxyl groups is 1. The van der Waals surface area contributed by atoms with Gasteiger partial charge >= 0.3 is 5.97 Å². The van der Waals surface area contributed by atoms with Crippen molar-refractivity contribution in [2.45, 2.75) is 26.4 Å². The van der Waals surface area contributed by atoms with Crippen molar-refractivity contribution in [2.24, 2.45) is 0 Å². The van der Waals surface area contributed by atoms with Crippen molar-refractivity contribution < 1.29 is 15.0 Å². The second kappa shape index (κ2) is 4.75. The molecule has 94 valence electrons. The highest BCUT2D eigenvalue weighted by molar-refractivity contribution is 5.77. The number of carboxylic acids is 1. The number of carbonyl (C=O) groups is 1. The minimum Gasteiger partial charge on any atom is -0.479 e. The molecule has 0 saturated heterocycles. The zero-order chi connectivity index (χ0) is 13.2. The van der Waals surface area contributed by atoms with Crippen molar-refractivity contribution in [3.63, 3.8) is 0 Å². The van der Waals surface area contributed by atoms with Crippen molar-refractivity contribution >= 4 is 11.7 Å². The van der Waals surface area contributed by atoms with Crippen molar-refractivity contribution in [1.82, 2.24) is 0 Å². The monoisotopic (exact) mass is 237 g/mol. The van der Waals surface area contributed by atoms with E-state index in [2.05, 4.69) is 0 Å². The summed E-state index contributed by atoms with van der Waals surface area (Å²) in [4.78, 5) is 12.6. The van der Waals surface area contributed by atoms with Crippen molar-refractivity contribution in [1.29, 1.82) is 0 Å². The number of likely N-dealkylation sites (N-methyl/N-ethyl adjacent to an activating group) is 1. The SMILES string of the molecule is Cc1cc(C)cc(N(C)CC(C)(O)C(=O)O)c1. The summed E-state index contributed by atoms with van der Waals surface area (Å²) < 4.78 is 0. The molecule has 0 aliphatic rings. The van der Waals surface area contributed by atoms with Gasteiger partial charge in [-0.1, -0.05) is 6.07 Å². The number of nitrogens with zero attached hydrogens (tertiary/aromatic N) is 1. The first kappa shape index (κ1) is 13.5. The van der Waals surface area contributed by atoms with Crippen molar-refractivity contribution in [3.8, 4) is 0 Å². The standard InChI is InChI=1S/C13H19NO3/c1-9-5-10(2)7-11(6-9)14(4)8-13(3,17)12(15)16/h5-7,17H,8H2,1-4H3,(H,15,16). The van der Waals surface area contributed by atoms with Gasteiger partial charge in [0, 0.05) is 12.7 Å². The van der Waals surface area contributed by atoms with Gasteiger partial charge in [0.2, 0.25) is 0 Å². The maximum atomic E-state index is 10.8. The van der Waals surface area contributed by atoms with Gasteiger partial charge in [0.05, 0.1) is 6.54 Å². The number of hydrogen-bond donors (Lipinski definition) is 2. The third kappa shape index (κ3) is 3.46. The summed E-state index contributed by atoms with van der Waals surface area (Å²) in [6.07, 6.45) is 0. The van der Waals surface area contributed by atoms with E-state index in [4.69, 9.17) is 5.11 Å². The summed E-state index contributed by atoms with van der Waals surface area (Å²) >= 11 is 0. The summed E-state index contributed by atoms with van der Waals surface area (Å²) in [7, 11) is 1.77. The van der Waals surface area contributed by atoms with Gasteiger partial charge in [0.1, 0.15) is 0 Å². The van der Waals surface area contributed by atoms with E-state index in [0.717, 1.165) is 16.8 Å². The van der Waals surface area contributed by atoms with Gasteiger partial charge in [-0.3, -0.25) is 0 Å². The van der Waals surface area contributed by atoms with E-state index in [0.29, 0.717) is 0 Å². The van der Waals surface area contributed by atoms with Crippen LogP contribution in [0.1, 0.15) is 18.1 Å². The van der Waals surface area contributed by atoms with Gasteiger partial charge in [0.15, 0.2) is 5.60 Å². The van der Waals surface area contributed by atoms with E-state index in [1.165, 1.54) is 6.92 Å². The van der Waals surface area contributed by atoms with E-state index in [1.54, 1.807) is 11.9 Å². The normalized spacial score (nSPS) is 14.2. The Balaban J connectivity index is 2.90. The lowest BCUT2D eigenvalue weighted by atomic mass is 10.1. The van der Waals surface area contributed by atoms with Crippen LogP contribution in [0.15, 0.2) is 18.2 Å². The Morgan fingerprint density at radius 1 is 1.29 bits per heavy atom. The highest BCUT2D eigenvalue weighted by Crippen LogP contribution is 2.19. The molecule has 2 N–H and O–H groups in total. The molecule has 0 saturated carbocycles. The van der Waals surface area contributed by atoms with Gasteiger partial charge in [0.25, 0.3) is 0 Å². The molecule has 0 spiro atoms. The molecular formula is C13H19NO3. The van der Waals surface area contributed by atoms with Crippen LogP contribution in [-0.4, -0.2) is 35.4 Å². The number of rotatable bonds is 4. The molecule has 0 aliphatic carbocycles. The predicted molar refractivity (Wildman–Crippen MR) is 67.4 cm³/mol.